The lowest BCUT2D eigenvalue weighted by Crippen LogP contribution is -2.33. The van der Waals surface area contributed by atoms with Gasteiger partial charge in [0.05, 0.1) is 16.5 Å². The molecule has 4 nitrogen and oxygen atoms in total. The molecule has 0 spiro atoms. The molecule has 0 unspecified atom stereocenters. The Morgan fingerprint density at radius 2 is 1.81 bits per heavy atom. The number of carbonyl (C=O) groups excluding carboxylic acids is 1. The molecule has 0 saturated heterocycles. The Bertz CT molecular complexity index is 917. The van der Waals surface area contributed by atoms with E-state index in [9.17, 15) is 17.6 Å². The fourth-order valence-corrected chi connectivity index (χ4v) is 4.48. The first-order valence-electron chi connectivity index (χ1n) is 8.01. The molecule has 0 amide bonds. The summed E-state index contributed by atoms with van der Waals surface area (Å²) in [6.45, 7) is 3.72. The molecule has 0 radical (unpaired) electrons. The van der Waals surface area contributed by atoms with Crippen molar-refractivity contribution < 1.29 is 17.6 Å². The van der Waals surface area contributed by atoms with Gasteiger partial charge in [0.2, 0.25) is 10.0 Å². The highest BCUT2D eigenvalue weighted by Gasteiger charge is 2.24. The lowest BCUT2D eigenvalue weighted by atomic mass is 10.0. The lowest BCUT2D eigenvalue weighted by Gasteiger charge is -2.25. The molecule has 140 valence electrons. The molecular formula is C18H18BrClFNO3S. The number of sulfonamides is 1. The van der Waals surface area contributed by atoms with Crippen LogP contribution in [0.2, 0.25) is 5.02 Å². The van der Waals surface area contributed by atoms with Crippen molar-refractivity contribution >= 4 is 49.0 Å². The molecule has 0 aliphatic carbocycles. The van der Waals surface area contributed by atoms with Gasteiger partial charge in [0.25, 0.3) is 0 Å². The van der Waals surface area contributed by atoms with E-state index in [1.807, 2.05) is 6.92 Å². The lowest BCUT2D eigenvalue weighted by molar-refractivity contribution is 0.103. The molecule has 0 aliphatic heterocycles. The van der Waals surface area contributed by atoms with Gasteiger partial charge in [0.15, 0.2) is 5.78 Å². The topological polar surface area (TPSA) is 54.5 Å². The molecule has 8 heteroatoms. The van der Waals surface area contributed by atoms with E-state index in [1.165, 1.54) is 40.7 Å². The summed E-state index contributed by atoms with van der Waals surface area (Å²) in [7, 11) is -3.50. The smallest absolute Gasteiger partial charge is 0.234 e. The molecule has 0 fully saturated rings. The van der Waals surface area contributed by atoms with Gasteiger partial charge < -0.3 is 0 Å². The standard InChI is InChI=1S/C18H18BrClFNO3S/c1-3-9-22(26(24,25)4-2)17-11-15(19)14(10-16(17)20)18(23)12-5-7-13(21)8-6-12/h5-8,10-11H,3-4,9H2,1-2H3. The molecule has 2 aromatic rings. The Morgan fingerprint density at radius 3 is 2.35 bits per heavy atom. The van der Waals surface area contributed by atoms with Gasteiger partial charge in [-0.3, -0.25) is 9.10 Å². The maximum absolute atomic E-state index is 13.1. The first-order valence-corrected chi connectivity index (χ1v) is 10.8. The molecule has 0 heterocycles. The van der Waals surface area contributed by atoms with Gasteiger partial charge in [0, 0.05) is 22.1 Å². The van der Waals surface area contributed by atoms with E-state index in [-0.39, 0.29) is 28.7 Å². The van der Waals surface area contributed by atoms with Gasteiger partial charge in [-0.2, -0.15) is 0 Å². The predicted molar refractivity (Wildman–Crippen MR) is 106 cm³/mol. The van der Waals surface area contributed by atoms with Crippen LogP contribution in [0.4, 0.5) is 10.1 Å². The van der Waals surface area contributed by atoms with Crippen LogP contribution < -0.4 is 4.31 Å². The number of benzene rings is 2. The third-order valence-corrected chi connectivity index (χ3v) is 6.52. The second-order valence-corrected chi connectivity index (χ2v) is 9.04. The number of hydrogen-bond acceptors (Lipinski definition) is 3. The monoisotopic (exact) mass is 461 g/mol. The SMILES string of the molecule is CCCN(c1cc(Br)c(C(=O)c2ccc(F)cc2)cc1Cl)S(=O)(=O)CC. The predicted octanol–water partition coefficient (Wildman–Crippen LogP) is 5.04. The Balaban J connectivity index is 2.50. The number of anilines is 1. The number of rotatable bonds is 7. The number of hydrogen-bond donors (Lipinski definition) is 0. The zero-order valence-corrected chi connectivity index (χ0v) is 17.5. The zero-order chi connectivity index (χ0) is 19.5. The highest BCUT2D eigenvalue weighted by Crippen LogP contribution is 2.35. The third-order valence-electron chi connectivity index (χ3n) is 3.78. The van der Waals surface area contributed by atoms with Gasteiger partial charge in [0.1, 0.15) is 5.82 Å². The van der Waals surface area contributed by atoms with Crippen LogP contribution >= 0.6 is 27.5 Å². The van der Waals surface area contributed by atoms with E-state index in [0.717, 1.165) is 0 Å². The summed E-state index contributed by atoms with van der Waals surface area (Å²) in [5.74, 6) is -0.836. The zero-order valence-electron chi connectivity index (χ0n) is 14.3. The van der Waals surface area contributed by atoms with Gasteiger partial charge in [-0.05, 0) is 65.7 Å². The quantitative estimate of drug-likeness (QED) is 0.542. The van der Waals surface area contributed by atoms with Crippen molar-refractivity contribution in [3.8, 4) is 0 Å². The fourth-order valence-electron chi connectivity index (χ4n) is 2.43. The summed E-state index contributed by atoms with van der Waals surface area (Å²) >= 11 is 9.64. The second-order valence-electron chi connectivity index (χ2n) is 5.59. The van der Waals surface area contributed by atoms with Crippen molar-refractivity contribution in [2.75, 3.05) is 16.6 Å². The summed E-state index contributed by atoms with van der Waals surface area (Å²) < 4.78 is 39.5. The van der Waals surface area contributed by atoms with Crippen molar-refractivity contribution in [3.63, 3.8) is 0 Å². The minimum Gasteiger partial charge on any atom is -0.289 e. The molecule has 0 bridgehead atoms. The fraction of sp³-hybridized carbons (Fsp3) is 0.278. The second kappa shape index (κ2) is 8.50. The normalized spacial score (nSPS) is 11.4. The molecule has 0 aromatic heterocycles. The van der Waals surface area contributed by atoms with E-state index in [4.69, 9.17) is 11.6 Å². The van der Waals surface area contributed by atoms with Gasteiger partial charge in [-0.1, -0.05) is 18.5 Å². The first-order chi connectivity index (χ1) is 12.2. The molecule has 0 aliphatic rings. The maximum Gasteiger partial charge on any atom is 0.234 e. The number of nitrogens with zero attached hydrogens (tertiary/aromatic N) is 1. The van der Waals surface area contributed by atoms with E-state index in [1.54, 1.807) is 6.92 Å². The first kappa shape index (κ1) is 20.9. The summed E-state index contributed by atoms with van der Waals surface area (Å²) in [6, 6.07) is 8.14. The van der Waals surface area contributed by atoms with Crippen molar-refractivity contribution in [1.82, 2.24) is 0 Å². The molecule has 2 rings (SSSR count). The van der Waals surface area contributed by atoms with Gasteiger partial charge in [-0.15, -0.1) is 0 Å². The minimum atomic E-state index is -3.50. The maximum atomic E-state index is 13.1. The number of carbonyl (C=O) groups is 1. The molecule has 0 saturated carbocycles. The summed E-state index contributed by atoms with van der Waals surface area (Å²) in [6.07, 6.45) is 0.615. The number of halogens is 3. The average molecular weight is 463 g/mol. The van der Waals surface area contributed by atoms with Gasteiger partial charge >= 0.3 is 0 Å². The molecule has 0 atom stereocenters. The Labute approximate surface area is 166 Å². The van der Waals surface area contributed by atoms with E-state index in [0.29, 0.717) is 22.1 Å². The van der Waals surface area contributed by atoms with Crippen molar-refractivity contribution in [3.05, 3.63) is 62.8 Å². The van der Waals surface area contributed by atoms with Crippen LogP contribution in [0.15, 0.2) is 40.9 Å². The van der Waals surface area contributed by atoms with Crippen LogP contribution in [0.25, 0.3) is 0 Å². The summed E-state index contributed by atoms with van der Waals surface area (Å²) in [5.41, 5.74) is 0.899. The van der Waals surface area contributed by atoms with Crippen molar-refractivity contribution in [1.29, 1.82) is 0 Å². The highest BCUT2D eigenvalue weighted by molar-refractivity contribution is 9.10. The van der Waals surface area contributed by atoms with Crippen LogP contribution in [0.1, 0.15) is 36.2 Å². The van der Waals surface area contributed by atoms with Crippen LogP contribution in [0.3, 0.4) is 0 Å². The van der Waals surface area contributed by atoms with Crippen LogP contribution in [0, 0.1) is 5.82 Å². The average Bonchev–Trinajstić information content (AvgIpc) is 2.61. The largest absolute Gasteiger partial charge is 0.289 e. The molecule has 0 N–H and O–H groups in total. The highest BCUT2D eigenvalue weighted by atomic mass is 79.9. The summed E-state index contributed by atoms with van der Waals surface area (Å²) in [5, 5.41) is 0.157. The summed E-state index contributed by atoms with van der Waals surface area (Å²) in [4.78, 5) is 12.6. The third kappa shape index (κ3) is 4.45. The Kier molecular flexibility index (Phi) is 6.82. The molecule has 26 heavy (non-hydrogen) atoms. The van der Waals surface area contributed by atoms with Gasteiger partial charge in [-0.25, -0.2) is 12.8 Å². The Morgan fingerprint density at radius 1 is 1.19 bits per heavy atom. The van der Waals surface area contributed by atoms with Crippen LogP contribution in [-0.4, -0.2) is 26.5 Å². The molecular weight excluding hydrogens is 445 g/mol. The van der Waals surface area contributed by atoms with Crippen LogP contribution in [0.5, 0.6) is 0 Å². The van der Waals surface area contributed by atoms with Crippen molar-refractivity contribution in [2.24, 2.45) is 0 Å². The van der Waals surface area contributed by atoms with Crippen LogP contribution in [-0.2, 0) is 10.0 Å². The van der Waals surface area contributed by atoms with Crippen molar-refractivity contribution in [2.45, 2.75) is 20.3 Å². The van der Waals surface area contributed by atoms with E-state index in [2.05, 4.69) is 15.9 Å². The molecule has 2 aromatic carbocycles. The minimum absolute atomic E-state index is 0.0583. The van der Waals surface area contributed by atoms with E-state index >= 15 is 0 Å². The van der Waals surface area contributed by atoms with E-state index < -0.39 is 15.8 Å². The number of ketones is 1. The Hall–Kier alpha value is -1.44.